The summed E-state index contributed by atoms with van der Waals surface area (Å²) < 4.78 is 30.4. The molecule has 2 aromatic carbocycles. The van der Waals surface area contributed by atoms with Crippen LogP contribution >= 0.6 is 0 Å². The van der Waals surface area contributed by atoms with Gasteiger partial charge in [-0.2, -0.15) is 8.42 Å². The van der Waals surface area contributed by atoms with Crippen molar-refractivity contribution < 1.29 is 27.1 Å². The van der Waals surface area contributed by atoms with Gasteiger partial charge in [-0.1, -0.05) is 62.4 Å². The predicted octanol–water partition coefficient (Wildman–Crippen LogP) is 1.07. The van der Waals surface area contributed by atoms with Crippen LogP contribution in [0.5, 0.6) is 0 Å². The van der Waals surface area contributed by atoms with Crippen molar-refractivity contribution in [2.75, 3.05) is 6.54 Å². The molecule has 0 bridgehead atoms. The average molecular weight is 545 g/mol. The highest BCUT2D eigenvalue weighted by atomic mass is 32.2. The number of rotatable bonds is 15. The van der Waals surface area contributed by atoms with E-state index >= 15 is 0 Å². The summed E-state index contributed by atoms with van der Waals surface area (Å²) in [5.41, 5.74) is 10.1. The van der Waals surface area contributed by atoms with E-state index in [0.717, 1.165) is 5.56 Å². The number of guanidine groups is 1. The maximum atomic E-state index is 13.5. The zero-order chi connectivity index (χ0) is 28.2. The van der Waals surface area contributed by atoms with Crippen LogP contribution in [-0.4, -0.2) is 50.8 Å². The van der Waals surface area contributed by atoms with Gasteiger partial charge in [0, 0.05) is 13.1 Å². The van der Waals surface area contributed by atoms with Crippen molar-refractivity contribution in [2.45, 2.75) is 56.9 Å². The maximum Gasteiger partial charge on any atom is 0.494 e. The lowest BCUT2D eigenvalue weighted by Gasteiger charge is -2.31. The van der Waals surface area contributed by atoms with E-state index in [1.54, 1.807) is 19.9 Å². The SMILES string of the molecule is CCC(CC)(C(=O)NCc1ccccc1)C(=O)N[C@@H](CCCN=C(N)N)B(O)OS(=O)(=O)c1ccccc1. The summed E-state index contributed by atoms with van der Waals surface area (Å²) in [4.78, 5) is 30.5. The van der Waals surface area contributed by atoms with Crippen molar-refractivity contribution in [1.82, 2.24) is 10.6 Å². The first-order chi connectivity index (χ1) is 18.1. The average Bonchev–Trinajstić information content (AvgIpc) is 2.90. The van der Waals surface area contributed by atoms with Gasteiger partial charge in [0.1, 0.15) is 5.41 Å². The number of carbonyl (C=O) groups is 2. The summed E-state index contributed by atoms with van der Waals surface area (Å²) in [5, 5.41) is 16.2. The van der Waals surface area contributed by atoms with E-state index in [2.05, 4.69) is 15.6 Å². The molecule has 0 aliphatic rings. The third kappa shape index (κ3) is 8.57. The molecule has 13 heteroatoms. The fraction of sp³-hybridized carbons (Fsp3) is 0.400. The minimum absolute atomic E-state index is 0.0726. The quantitative estimate of drug-likeness (QED) is 0.0723. The first kappa shape index (κ1) is 30.8. The van der Waals surface area contributed by atoms with E-state index in [9.17, 15) is 23.0 Å². The van der Waals surface area contributed by atoms with Crippen LogP contribution in [0.2, 0.25) is 0 Å². The Morgan fingerprint density at radius 2 is 1.61 bits per heavy atom. The minimum Gasteiger partial charge on any atom is -0.425 e. The second-order valence-electron chi connectivity index (χ2n) is 8.74. The molecule has 2 amide bonds. The molecule has 0 spiro atoms. The first-order valence-electron chi connectivity index (χ1n) is 12.4. The van der Waals surface area contributed by atoms with Crippen LogP contribution in [0, 0.1) is 5.41 Å². The Morgan fingerprint density at radius 3 is 2.16 bits per heavy atom. The van der Waals surface area contributed by atoms with Crippen LogP contribution in [-0.2, 0) is 30.4 Å². The summed E-state index contributed by atoms with van der Waals surface area (Å²) >= 11 is 0. The molecule has 0 unspecified atom stereocenters. The van der Waals surface area contributed by atoms with E-state index in [1.807, 2.05) is 30.3 Å². The molecule has 0 fully saturated rings. The van der Waals surface area contributed by atoms with Gasteiger partial charge in [-0.15, -0.1) is 0 Å². The lowest BCUT2D eigenvalue weighted by atomic mass is 9.74. The molecule has 0 heterocycles. The molecule has 2 rings (SSSR count). The van der Waals surface area contributed by atoms with E-state index in [4.69, 9.17) is 15.6 Å². The van der Waals surface area contributed by atoms with Crippen LogP contribution in [0.3, 0.4) is 0 Å². The predicted molar refractivity (Wildman–Crippen MR) is 146 cm³/mol. The fourth-order valence-corrected chi connectivity index (χ4v) is 4.89. The van der Waals surface area contributed by atoms with Gasteiger partial charge in [-0.25, -0.2) is 0 Å². The highest BCUT2D eigenvalue weighted by Gasteiger charge is 2.45. The molecule has 0 saturated heterocycles. The van der Waals surface area contributed by atoms with E-state index in [1.165, 1.54) is 24.3 Å². The Balaban J connectivity index is 2.22. The van der Waals surface area contributed by atoms with Gasteiger partial charge >= 0.3 is 7.12 Å². The molecular weight excluding hydrogens is 509 g/mol. The Kier molecular flexibility index (Phi) is 11.8. The van der Waals surface area contributed by atoms with Gasteiger partial charge in [-0.3, -0.25) is 18.7 Å². The van der Waals surface area contributed by atoms with Crippen LogP contribution in [0.15, 0.2) is 70.6 Å². The number of nitrogens with one attached hydrogen (secondary N) is 2. The van der Waals surface area contributed by atoms with Crippen LogP contribution in [0.1, 0.15) is 45.1 Å². The normalized spacial score (nSPS) is 12.3. The van der Waals surface area contributed by atoms with Gasteiger partial charge in [-0.05, 0) is 43.4 Å². The molecule has 0 saturated carbocycles. The Labute approximate surface area is 224 Å². The molecule has 0 radical (unpaired) electrons. The van der Waals surface area contributed by atoms with E-state index < -0.39 is 40.4 Å². The van der Waals surface area contributed by atoms with Crippen molar-refractivity contribution in [3.05, 3.63) is 66.2 Å². The number of benzene rings is 2. The van der Waals surface area contributed by atoms with Gasteiger partial charge in [0.15, 0.2) is 5.96 Å². The third-order valence-electron chi connectivity index (χ3n) is 6.26. The fourth-order valence-electron chi connectivity index (χ4n) is 3.89. The second-order valence-corrected chi connectivity index (χ2v) is 10.3. The lowest BCUT2D eigenvalue weighted by Crippen LogP contribution is -2.57. The molecule has 2 aromatic rings. The molecule has 11 nitrogen and oxygen atoms in total. The lowest BCUT2D eigenvalue weighted by molar-refractivity contribution is -0.144. The molecule has 0 aliphatic carbocycles. The molecule has 38 heavy (non-hydrogen) atoms. The monoisotopic (exact) mass is 545 g/mol. The number of nitrogens with two attached hydrogens (primary N) is 2. The largest absolute Gasteiger partial charge is 0.494 e. The van der Waals surface area contributed by atoms with Crippen molar-refractivity contribution in [1.29, 1.82) is 0 Å². The summed E-state index contributed by atoms with van der Waals surface area (Å²) in [6.07, 6.45) is 0.717. The zero-order valence-electron chi connectivity index (χ0n) is 21.7. The number of carbonyl (C=O) groups excluding carboxylic acids is 2. The van der Waals surface area contributed by atoms with E-state index in [0.29, 0.717) is 6.42 Å². The third-order valence-corrected chi connectivity index (χ3v) is 7.56. The summed E-state index contributed by atoms with van der Waals surface area (Å²) in [6, 6.07) is 16.6. The van der Waals surface area contributed by atoms with Gasteiger partial charge in [0.05, 0.1) is 10.8 Å². The smallest absolute Gasteiger partial charge is 0.425 e. The number of hydrogen-bond acceptors (Lipinski definition) is 7. The Hall–Kier alpha value is -3.42. The number of aliphatic imine (C=N–C) groups is 1. The van der Waals surface area contributed by atoms with Crippen molar-refractivity contribution in [2.24, 2.45) is 21.9 Å². The summed E-state index contributed by atoms with van der Waals surface area (Å²) in [6.45, 7) is 3.84. The molecular formula is C25H36BN5O6S. The standard InChI is InChI=1S/C25H36BN5O6S/c1-3-25(4-2,22(32)30-18-19-12-7-5-8-13-19)23(33)31-21(16-11-17-29-24(27)28)26(34)37-38(35,36)20-14-9-6-10-15-20/h5-10,12-15,21,34H,3-4,11,16-18H2,1-2H3,(H,30,32)(H,31,33)(H4,27,28,29)/t21-/m0/s1. The van der Waals surface area contributed by atoms with Crippen LogP contribution in [0.4, 0.5) is 0 Å². The highest BCUT2D eigenvalue weighted by Crippen LogP contribution is 2.28. The van der Waals surface area contributed by atoms with Gasteiger partial charge < -0.3 is 27.1 Å². The molecule has 1 atom stereocenters. The molecule has 0 aromatic heterocycles. The first-order valence-corrected chi connectivity index (χ1v) is 13.8. The Morgan fingerprint density at radius 1 is 1.03 bits per heavy atom. The molecule has 7 N–H and O–H groups in total. The zero-order valence-corrected chi connectivity index (χ0v) is 22.5. The maximum absolute atomic E-state index is 13.5. The van der Waals surface area contributed by atoms with E-state index in [-0.39, 0.29) is 43.2 Å². The van der Waals surface area contributed by atoms with Crippen molar-refractivity contribution >= 4 is 35.0 Å². The van der Waals surface area contributed by atoms with Crippen molar-refractivity contribution in [3.63, 3.8) is 0 Å². The number of amides is 2. The minimum atomic E-state index is -4.33. The van der Waals surface area contributed by atoms with Crippen LogP contribution in [0.25, 0.3) is 0 Å². The molecule has 206 valence electrons. The second kappa shape index (κ2) is 14.5. The Bertz CT molecular complexity index is 1170. The highest BCUT2D eigenvalue weighted by molar-refractivity contribution is 7.87. The van der Waals surface area contributed by atoms with Crippen molar-refractivity contribution in [3.8, 4) is 0 Å². The van der Waals surface area contributed by atoms with Crippen LogP contribution < -0.4 is 22.1 Å². The number of nitrogens with zero attached hydrogens (tertiary/aromatic N) is 1. The van der Waals surface area contributed by atoms with Gasteiger partial charge in [0.25, 0.3) is 10.1 Å². The van der Waals surface area contributed by atoms with Gasteiger partial charge in [0.2, 0.25) is 11.8 Å². The summed E-state index contributed by atoms with van der Waals surface area (Å²) in [7, 11) is -6.26. The molecule has 0 aliphatic heterocycles. The number of hydrogen-bond donors (Lipinski definition) is 5. The topological polar surface area (TPSA) is 186 Å². The summed E-state index contributed by atoms with van der Waals surface area (Å²) in [5.74, 6) is -2.43.